The molecule has 1 aliphatic heterocycles. The van der Waals surface area contributed by atoms with Gasteiger partial charge in [0.05, 0.1) is 28.8 Å². The largest absolute Gasteiger partial charge is 0.360 e. The molecular formula is C22H25N5O2. The molecule has 0 radical (unpaired) electrons. The van der Waals surface area contributed by atoms with Gasteiger partial charge in [0.25, 0.3) is 5.91 Å². The van der Waals surface area contributed by atoms with E-state index in [1.807, 2.05) is 30.9 Å². The highest BCUT2D eigenvalue weighted by Crippen LogP contribution is 2.31. The lowest BCUT2D eigenvalue weighted by Gasteiger charge is -2.31. The molecule has 1 aliphatic rings. The van der Waals surface area contributed by atoms with E-state index in [1.165, 1.54) is 0 Å². The molecule has 7 heteroatoms. The fourth-order valence-corrected chi connectivity index (χ4v) is 3.85. The van der Waals surface area contributed by atoms with Gasteiger partial charge in [-0.15, -0.1) is 0 Å². The number of pyridine rings is 1. The number of amides is 1. The van der Waals surface area contributed by atoms with Crippen LogP contribution in [0.15, 0.2) is 35.1 Å². The highest BCUT2D eigenvalue weighted by atomic mass is 16.5. The van der Waals surface area contributed by atoms with Gasteiger partial charge in [-0.25, -0.2) is 4.98 Å². The van der Waals surface area contributed by atoms with Crippen LogP contribution in [0.5, 0.6) is 0 Å². The van der Waals surface area contributed by atoms with Crippen molar-refractivity contribution in [1.82, 2.24) is 25.0 Å². The van der Waals surface area contributed by atoms with E-state index in [4.69, 9.17) is 9.51 Å². The van der Waals surface area contributed by atoms with Crippen molar-refractivity contribution in [1.29, 1.82) is 0 Å². The number of nitrogens with zero attached hydrogens (tertiary/aromatic N) is 5. The Labute approximate surface area is 170 Å². The second-order valence-electron chi connectivity index (χ2n) is 7.48. The standard InChI is InChI=1S/C22H25N5O2/c1-4-20-21(15(3)26-29-20)18-7-5-6-17(25-18)16-8-10-27(11-9-16)22(28)19-13-23-14(2)12-24-19/h5-7,12-13,16H,4,8-11H2,1-3H3. The van der Waals surface area contributed by atoms with Crippen molar-refractivity contribution < 1.29 is 9.32 Å². The molecule has 3 aromatic heterocycles. The first-order valence-corrected chi connectivity index (χ1v) is 10.1. The van der Waals surface area contributed by atoms with Crippen molar-refractivity contribution in [2.45, 2.75) is 46.0 Å². The van der Waals surface area contributed by atoms with Gasteiger partial charge in [0.15, 0.2) is 0 Å². The molecule has 0 aliphatic carbocycles. The van der Waals surface area contributed by atoms with E-state index >= 15 is 0 Å². The summed E-state index contributed by atoms with van der Waals surface area (Å²) in [5.41, 5.74) is 5.05. The van der Waals surface area contributed by atoms with Crippen LogP contribution in [-0.4, -0.2) is 44.0 Å². The third kappa shape index (κ3) is 3.90. The van der Waals surface area contributed by atoms with Crippen molar-refractivity contribution in [3.63, 3.8) is 0 Å². The molecule has 29 heavy (non-hydrogen) atoms. The Bertz CT molecular complexity index is 1000. The molecule has 1 amide bonds. The van der Waals surface area contributed by atoms with Crippen LogP contribution >= 0.6 is 0 Å². The normalized spacial score (nSPS) is 14.9. The first-order chi connectivity index (χ1) is 14.1. The first-order valence-electron chi connectivity index (χ1n) is 10.1. The number of piperidine rings is 1. The molecule has 1 fully saturated rings. The Morgan fingerprint density at radius 3 is 2.66 bits per heavy atom. The van der Waals surface area contributed by atoms with E-state index in [-0.39, 0.29) is 5.91 Å². The number of hydrogen-bond acceptors (Lipinski definition) is 6. The van der Waals surface area contributed by atoms with Gasteiger partial charge in [-0.2, -0.15) is 0 Å². The van der Waals surface area contributed by atoms with Crippen LogP contribution in [0.3, 0.4) is 0 Å². The van der Waals surface area contributed by atoms with E-state index in [2.05, 4.69) is 28.1 Å². The molecule has 0 atom stereocenters. The molecule has 0 aromatic carbocycles. The van der Waals surface area contributed by atoms with Crippen LogP contribution in [-0.2, 0) is 6.42 Å². The maximum atomic E-state index is 12.7. The van der Waals surface area contributed by atoms with E-state index < -0.39 is 0 Å². The van der Waals surface area contributed by atoms with Crippen molar-refractivity contribution >= 4 is 5.91 Å². The summed E-state index contributed by atoms with van der Waals surface area (Å²) in [5, 5.41) is 4.10. The summed E-state index contributed by atoms with van der Waals surface area (Å²) in [5.74, 6) is 1.14. The van der Waals surface area contributed by atoms with Crippen LogP contribution in [0.4, 0.5) is 0 Å². The Kier molecular flexibility index (Phi) is 5.38. The minimum Gasteiger partial charge on any atom is -0.360 e. The lowest BCUT2D eigenvalue weighted by atomic mass is 9.92. The second kappa shape index (κ2) is 8.11. The quantitative estimate of drug-likeness (QED) is 0.674. The molecule has 150 valence electrons. The molecule has 0 N–H and O–H groups in total. The third-order valence-electron chi connectivity index (χ3n) is 5.48. The Morgan fingerprint density at radius 2 is 1.97 bits per heavy atom. The molecule has 0 saturated carbocycles. The van der Waals surface area contributed by atoms with Gasteiger partial charge < -0.3 is 9.42 Å². The maximum absolute atomic E-state index is 12.7. The number of carbonyl (C=O) groups excluding carboxylic acids is 1. The number of carbonyl (C=O) groups is 1. The summed E-state index contributed by atoms with van der Waals surface area (Å²) < 4.78 is 5.43. The topological polar surface area (TPSA) is 85.0 Å². The van der Waals surface area contributed by atoms with Crippen LogP contribution < -0.4 is 0 Å². The number of aryl methyl sites for hydroxylation is 3. The maximum Gasteiger partial charge on any atom is 0.274 e. The first kappa shape index (κ1) is 19.2. The number of likely N-dealkylation sites (tertiary alicyclic amines) is 1. The number of rotatable bonds is 4. The van der Waals surface area contributed by atoms with Crippen molar-refractivity contribution in [2.24, 2.45) is 0 Å². The highest BCUT2D eigenvalue weighted by Gasteiger charge is 2.26. The zero-order chi connectivity index (χ0) is 20.4. The zero-order valence-electron chi connectivity index (χ0n) is 17.1. The van der Waals surface area contributed by atoms with Gasteiger partial charge in [0, 0.05) is 37.3 Å². The van der Waals surface area contributed by atoms with Crippen LogP contribution in [0, 0.1) is 13.8 Å². The zero-order valence-corrected chi connectivity index (χ0v) is 17.1. The van der Waals surface area contributed by atoms with Crippen LogP contribution in [0.1, 0.15) is 59.0 Å². The van der Waals surface area contributed by atoms with Crippen LogP contribution in [0.25, 0.3) is 11.3 Å². The van der Waals surface area contributed by atoms with E-state index in [1.54, 1.807) is 12.4 Å². The summed E-state index contributed by atoms with van der Waals surface area (Å²) in [6.45, 7) is 7.25. The van der Waals surface area contributed by atoms with Gasteiger partial charge in [0.1, 0.15) is 11.5 Å². The highest BCUT2D eigenvalue weighted by molar-refractivity contribution is 5.92. The van der Waals surface area contributed by atoms with Crippen molar-refractivity contribution in [2.75, 3.05) is 13.1 Å². The number of aromatic nitrogens is 4. The SMILES string of the molecule is CCc1onc(C)c1-c1cccc(C2CCN(C(=O)c3cnc(C)cn3)CC2)n1. The fourth-order valence-electron chi connectivity index (χ4n) is 3.85. The lowest BCUT2D eigenvalue weighted by molar-refractivity contribution is 0.0705. The predicted octanol–water partition coefficient (Wildman–Crippen LogP) is 3.73. The van der Waals surface area contributed by atoms with Crippen molar-refractivity contribution in [3.05, 3.63) is 59.1 Å². The predicted molar refractivity (Wildman–Crippen MR) is 108 cm³/mol. The molecule has 1 saturated heterocycles. The average molecular weight is 391 g/mol. The van der Waals surface area contributed by atoms with Gasteiger partial charge in [-0.3, -0.25) is 14.8 Å². The molecule has 0 bridgehead atoms. The Morgan fingerprint density at radius 1 is 1.17 bits per heavy atom. The summed E-state index contributed by atoms with van der Waals surface area (Å²) in [7, 11) is 0. The minimum absolute atomic E-state index is 0.0506. The molecule has 4 heterocycles. The van der Waals surface area contributed by atoms with E-state index in [0.717, 1.165) is 53.4 Å². The fraction of sp³-hybridized carbons (Fsp3) is 0.409. The summed E-state index contributed by atoms with van der Waals surface area (Å²) in [4.78, 5) is 27.8. The average Bonchev–Trinajstić information content (AvgIpc) is 3.14. The smallest absolute Gasteiger partial charge is 0.274 e. The molecule has 0 unspecified atom stereocenters. The van der Waals surface area contributed by atoms with Gasteiger partial charge in [-0.05, 0) is 38.8 Å². The second-order valence-corrected chi connectivity index (χ2v) is 7.48. The van der Waals surface area contributed by atoms with Crippen LogP contribution in [0.2, 0.25) is 0 Å². The summed E-state index contributed by atoms with van der Waals surface area (Å²) in [6.07, 6.45) is 5.73. The van der Waals surface area contributed by atoms with E-state index in [9.17, 15) is 4.79 Å². The Balaban J connectivity index is 1.47. The summed E-state index contributed by atoms with van der Waals surface area (Å²) in [6, 6.07) is 6.13. The molecule has 4 rings (SSSR count). The minimum atomic E-state index is -0.0506. The van der Waals surface area contributed by atoms with E-state index in [0.29, 0.717) is 24.7 Å². The Hall–Kier alpha value is -3.09. The molecule has 7 nitrogen and oxygen atoms in total. The molecule has 0 spiro atoms. The molecular weight excluding hydrogens is 366 g/mol. The van der Waals surface area contributed by atoms with Gasteiger partial charge in [-0.1, -0.05) is 18.1 Å². The lowest BCUT2D eigenvalue weighted by Crippen LogP contribution is -2.38. The van der Waals surface area contributed by atoms with Gasteiger partial charge in [0.2, 0.25) is 0 Å². The molecule has 3 aromatic rings. The third-order valence-corrected chi connectivity index (χ3v) is 5.48. The van der Waals surface area contributed by atoms with Gasteiger partial charge >= 0.3 is 0 Å². The summed E-state index contributed by atoms with van der Waals surface area (Å²) >= 11 is 0. The van der Waals surface area contributed by atoms with Crippen molar-refractivity contribution in [3.8, 4) is 11.3 Å². The monoisotopic (exact) mass is 391 g/mol. The number of hydrogen-bond donors (Lipinski definition) is 0.